The summed E-state index contributed by atoms with van der Waals surface area (Å²) in [7, 11) is 1.87. The number of likely N-dealkylation sites (tertiary alicyclic amines) is 1. The first kappa shape index (κ1) is 16.0. The van der Waals surface area contributed by atoms with E-state index >= 15 is 0 Å². The maximum atomic E-state index is 12.7. The minimum Gasteiger partial charge on any atom is -0.345 e. The van der Waals surface area contributed by atoms with Gasteiger partial charge in [0, 0.05) is 58.0 Å². The summed E-state index contributed by atoms with van der Waals surface area (Å²) in [4.78, 5) is 32.7. The Balaban J connectivity index is 1.56. The molecule has 0 unspecified atom stereocenters. The third-order valence-electron chi connectivity index (χ3n) is 5.09. The summed E-state index contributed by atoms with van der Waals surface area (Å²) < 4.78 is 2.19. The van der Waals surface area contributed by atoms with E-state index in [9.17, 15) is 9.59 Å². The molecule has 0 spiro atoms. The van der Waals surface area contributed by atoms with Crippen molar-refractivity contribution in [1.82, 2.24) is 19.4 Å². The molecular weight excluding hydrogens is 292 g/mol. The number of aromatic nitrogens is 2. The molecule has 2 aliphatic heterocycles. The van der Waals surface area contributed by atoms with Crippen molar-refractivity contribution in [3.05, 3.63) is 18.2 Å². The number of hydrogen-bond donors (Lipinski definition) is 0. The summed E-state index contributed by atoms with van der Waals surface area (Å²) in [5.41, 5.74) is 0. The predicted molar refractivity (Wildman–Crippen MR) is 86.6 cm³/mol. The maximum Gasteiger partial charge on any atom is 0.227 e. The quantitative estimate of drug-likeness (QED) is 0.837. The van der Waals surface area contributed by atoms with E-state index in [1.165, 1.54) is 0 Å². The Morgan fingerprint density at radius 2 is 2.22 bits per heavy atom. The van der Waals surface area contributed by atoms with Crippen molar-refractivity contribution in [2.75, 3.05) is 20.1 Å². The van der Waals surface area contributed by atoms with Gasteiger partial charge >= 0.3 is 0 Å². The number of imidazole rings is 1. The first-order valence-electron chi connectivity index (χ1n) is 8.50. The first-order valence-corrected chi connectivity index (χ1v) is 8.50. The lowest BCUT2D eigenvalue weighted by atomic mass is 9.96. The van der Waals surface area contributed by atoms with Crippen molar-refractivity contribution in [3.8, 4) is 0 Å². The van der Waals surface area contributed by atoms with Crippen LogP contribution in [0, 0.1) is 11.8 Å². The van der Waals surface area contributed by atoms with Crippen LogP contribution in [0.15, 0.2) is 12.4 Å². The van der Waals surface area contributed by atoms with Crippen LogP contribution in [0.1, 0.15) is 32.5 Å². The van der Waals surface area contributed by atoms with Gasteiger partial charge in [0.05, 0.1) is 5.92 Å². The monoisotopic (exact) mass is 318 g/mol. The second-order valence-electron chi connectivity index (χ2n) is 7.16. The van der Waals surface area contributed by atoms with Crippen LogP contribution < -0.4 is 0 Å². The second-order valence-corrected chi connectivity index (χ2v) is 7.16. The molecule has 0 aliphatic carbocycles. The molecule has 0 aromatic carbocycles. The fraction of sp³-hybridized carbons (Fsp3) is 0.706. The zero-order valence-electron chi connectivity index (χ0n) is 14.2. The van der Waals surface area contributed by atoms with E-state index in [1.807, 2.05) is 43.1 Å². The van der Waals surface area contributed by atoms with Crippen molar-refractivity contribution in [1.29, 1.82) is 0 Å². The molecule has 6 heteroatoms. The maximum absolute atomic E-state index is 12.7. The SMILES string of the molecule is CC(C)N1C[C@H](C(=O)N(C)C[C@@H]2CCn3ccnc3C2)CC1=O. The number of aryl methyl sites for hydroxylation is 1. The molecule has 1 fully saturated rings. The molecule has 0 radical (unpaired) electrons. The van der Waals surface area contributed by atoms with Gasteiger partial charge in [-0.2, -0.15) is 0 Å². The van der Waals surface area contributed by atoms with Crippen LogP contribution in [0.3, 0.4) is 0 Å². The van der Waals surface area contributed by atoms with Crippen molar-refractivity contribution in [2.45, 2.75) is 45.7 Å². The van der Waals surface area contributed by atoms with Gasteiger partial charge in [-0.25, -0.2) is 4.98 Å². The summed E-state index contributed by atoms with van der Waals surface area (Å²) in [6.07, 6.45) is 6.22. The van der Waals surface area contributed by atoms with E-state index in [4.69, 9.17) is 0 Å². The Kier molecular flexibility index (Phi) is 4.41. The van der Waals surface area contributed by atoms with E-state index in [1.54, 1.807) is 0 Å². The molecule has 2 atom stereocenters. The summed E-state index contributed by atoms with van der Waals surface area (Å²) in [5.74, 6) is 1.60. The highest BCUT2D eigenvalue weighted by molar-refractivity contribution is 5.89. The Morgan fingerprint density at radius 1 is 1.43 bits per heavy atom. The Bertz CT molecular complexity index is 595. The van der Waals surface area contributed by atoms with E-state index < -0.39 is 0 Å². The zero-order chi connectivity index (χ0) is 16.6. The number of carbonyl (C=O) groups excluding carboxylic acids is 2. The highest BCUT2D eigenvalue weighted by atomic mass is 16.2. The average Bonchev–Trinajstić information content (AvgIpc) is 3.12. The molecule has 2 amide bonds. The standard InChI is InChI=1S/C17H26N4O2/c1-12(2)21-11-14(9-16(21)22)17(23)19(3)10-13-4-6-20-7-5-18-15(20)8-13/h5,7,12-14H,4,6,8-11H2,1-3H3/t13-,14-/m1/s1. The molecule has 2 aliphatic rings. The minimum absolute atomic E-state index is 0.103. The van der Waals surface area contributed by atoms with Gasteiger partial charge in [0.1, 0.15) is 5.82 Å². The van der Waals surface area contributed by atoms with Crippen molar-refractivity contribution in [3.63, 3.8) is 0 Å². The fourth-order valence-electron chi connectivity index (χ4n) is 3.76. The number of amides is 2. The second kappa shape index (κ2) is 6.34. The van der Waals surface area contributed by atoms with Crippen LogP contribution in [-0.4, -0.2) is 57.3 Å². The van der Waals surface area contributed by atoms with E-state index in [0.29, 0.717) is 18.9 Å². The molecule has 1 aromatic heterocycles. The molecular formula is C17H26N4O2. The van der Waals surface area contributed by atoms with Gasteiger partial charge in [-0.1, -0.05) is 0 Å². The lowest BCUT2D eigenvalue weighted by Gasteiger charge is -2.29. The van der Waals surface area contributed by atoms with Crippen LogP contribution in [-0.2, 0) is 22.6 Å². The number of rotatable bonds is 4. The van der Waals surface area contributed by atoms with Crippen LogP contribution in [0.2, 0.25) is 0 Å². The van der Waals surface area contributed by atoms with Crippen LogP contribution in [0.4, 0.5) is 0 Å². The summed E-state index contributed by atoms with van der Waals surface area (Å²) >= 11 is 0. The Hall–Kier alpha value is -1.85. The number of carbonyl (C=O) groups is 2. The van der Waals surface area contributed by atoms with E-state index in [2.05, 4.69) is 9.55 Å². The lowest BCUT2D eigenvalue weighted by Crippen LogP contribution is -2.39. The molecule has 126 valence electrons. The van der Waals surface area contributed by atoms with Crippen molar-refractivity contribution >= 4 is 11.8 Å². The van der Waals surface area contributed by atoms with E-state index in [-0.39, 0.29) is 23.8 Å². The van der Waals surface area contributed by atoms with Crippen LogP contribution in [0.25, 0.3) is 0 Å². The molecule has 0 saturated carbocycles. The van der Waals surface area contributed by atoms with Gasteiger partial charge in [0.15, 0.2) is 0 Å². The summed E-state index contributed by atoms with van der Waals surface area (Å²) in [6.45, 7) is 6.29. The van der Waals surface area contributed by atoms with Crippen molar-refractivity contribution < 1.29 is 9.59 Å². The molecule has 23 heavy (non-hydrogen) atoms. The van der Waals surface area contributed by atoms with Crippen molar-refractivity contribution in [2.24, 2.45) is 11.8 Å². The predicted octanol–water partition coefficient (Wildman–Crippen LogP) is 1.16. The van der Waals surface area contributed by atoms with Gasteiger partial charge in [0.2, 0.25) is 11.8 Å². The Labute approximate surface area is 137 Å². The van der Waals surface area contributed by atoms with Gasteiger partial charge in [-0.05, 0) is 26.2 Å². The highest BCUT2D eigenvalue weighted by Gasteiger charge is 2.37. The van der Waals surface area contributed by atoms with Gasteiger partial charge in [-0.15, -0.1) is 0 Å². The largest absolute Gasteiger partial charge is 0.345 e. The third-order valence-corrected chi connectivity index (χ3v) is 5.09. The molecule has 1 aromatic rings. The molecule has 3 rings (SSSR count). The van der Waals surface area contributed by atoms with E-state index in [0.717, 1.165) is 31.8 Å². The highest BCUT2D eigenvalue weighted by Crippen LogP contribution is 2.24. The molecule has 1 saturated heterocycles. The third kappa shape index (κ3) is 3.26. The average molecular weight is 318 g/mol. The summed E-state index contributed by atoms with van der Waals surface area (Å²) in [5, 5.41) is 0. The van der Waals surface area contributed by atoms with Crippen LogP contribution in [0.5, 0.6) is 0 Å². The smallest absolute Gasteiger partial charge is 0.227 e. The molecule has 0 N–H and O–H groups in total. The fourth-order valence-corrected chi connectivity index (χ4v) is 3.76. The topological polar surface area (TPSA) is 58.4 Å². The normalized spacial score (nSPS) is 24.2. The van der Waals surface area contributed by atoms with Crippen LogP contribution >= 0.6 is 0 Å². The number of nitrogens with zero attached hydrogens (tertiary/aromatic N) is 4. The molecule has 3 heterocycles. The zero-order valence-corrected chi connectivity index (χ0v) is 14.2. The summed E-state index contributed by atoms with van der Waals surface area (Å²) in [6, 6.07) is 0.169. The van der Waals surface area contributed by atoms with Gasteiger partial charge < -0.3 is 14.4 Å². The minimum atomic E-state index is -0.180. The number of fused-ring (bicyclic) bond motifs is 1. The number of hydrogen-bond acceptors (Lipinski definition) is 3. The Morgan fingerprint density at radius 3 is 2.91 bits per heavy atom. The van der Waals surface area contributed by atoms with Gasteiger partial charge in [0.25, 0.3) is 0 Å². The molecule has 0 bridgehead atoms. The van der Waals surface area contributed by atoms with Gasteiger partial charge in [-0.3, -0.25) is 9.59 Å². The first-order chi connectivity index (χ1) is 11.0. The molecule has 6 nitrogen and oxygen atoms in total. The lowest BCUT2D eigenvalue weighted by molar-refractivity contribution is -0.135.